The molecule has 6 aromatic carbocycles. The van der Waals surface area contributed by atoms with Crippen molar-refractivity contribution in [1.82, 2.24) is 14.5 Å². The molecule has 9 aromatic rings. The lowest BCUT2D eigenvalue weighted by molar-refractivity contribution is 1.08. The predicted octanol–water partition coefficient (Wildman–Crippen LogP) is 9.91. The van der Waals surface area contributed by atoms with Gasteiger partial charge in [0.2, 0.25) is 0 Å². The summed E-state index contributed by atoms with van der Waals surface area (Å²) in [5.41, 5.74) is 6.02. The maximum absolute atomic E-state index is 5.33. The third kappa shape index (κ3) is 2.94. The molecule has 0 N–H and O–H groups in total. The molecule has 0 saturated heterocycles. The smallest absolute Gasteiger partial charge is 0.165 e. The normalized spacial score (nSPS) is 12.0. The Labute approximate surface area is 233 Å². The van der Waals surface area contributed by atoms with Crippen LogP contribution >= 0.6 is 11.3 Å². The third-order valence-electron chi connectivity index (χ3n) is 7.96. The van der Waals surface area contributed by atoms with Crippen LogP contribution in [0.15, 0.2) is 127 Å². The Hall–Kier alpha value is -5.06. The second-order valence-corrected chi connectivity index (χ2v) is 11.2. The molecule has 0 spiro atoms. The average molecular weight is 528 g/mol. The first-order valence-corrected chi connectivity index (χ1v) is 14.3. The molecule has 3 aromatic heterocycles. The van der Waals surface area contributed by atoms with Crippen LogP contribution in [0.2, 0.25) is 0 Å². The minimum Gasteiger partial charge on any atom is -0.291 e. The summed E-state index contributed by atoms with van der Waals surface area (Å²) < 4.78 is 4.99. The zero-order chi connectivity index (χ0) is 26.2. The lowest BCUT2D eigenvalue weighted by Crippen LogP contribution is -2.04. The van der Waals surface area contributed by atoms with Gasteiger partial charge in [-0.2, -0.15) is 0 Å². The van der Waals surface area contributed by atoms with E-state index in [9.17, 15) is 0 Å². The first-order chi connectivity index (χ1) is 19.9. The third-order valence-corrected chi connectivity index (χ3v) is 9.15. The van der Waals surface area contributed by atoms with Gasteiger partial charge in [-0.1, -0.05) is 103 Å². The zero-order valence-corrected chi connectivity index (χ0v) is 22.2. The first kappa shape index (κ1) is 21.8. The Kier molecular flexibility index (Phi) is 4.48. The minimum absolute atomic E-state index is 0.849. The first-order valence-electron chi connectivity index (χ1n) is 13.4. The summed E-state index contributed by atoms with van der Waals surface area (Å²) in [6, 6.07) is 44.9. The summed E-state index contributed by atoms with van der Waals surface area (Å²) in [5, 5.41) is 7.64. The number of thiophene rings is 1. The van der Waals surface area contributed by atoms with E-state index in [2.05, 4.69) is 108 Å². The molecule has 40 heavy (non-hydrogen) atoms. The van der Waals surface area contributed by atoms with Crippen LogP contribution in [0, 0.1) is 0 Å². The molecule has 0 atom stereocenters. The summed E-state index contributed by atoms with van der Waals surface area (Å²) in [4.78, 5) is 10.5. The molecular formula is C36H21N3S. The molecule has 9 rings (SSSR count). The molecule has 186 valence electrons. The number of aromatic nitrogens is 3. The number of hydrogen-bond acceptors (Lipinski definition) is 3. The molecule has 3 nitrogen and oxygen atoms in total. The molecule has 0 amide bonds. The van der Waals surface area contributed by atoms with Gasteiger partial charge in [0.05, 0.1) is 22.1 Å². The van der Waals surface area contributed by atoms with Crippen molar-refractivity contribution < 1.29 is 0 Å². The second-order valence-electron chi connectivity index (χ2n) is 10.2. The van der Waals surface area contributed by atoms with Crippen molar-refractivity contribution in [1.29, 1.82) is 0 Å². The second kappa shape index (κ2) is 8.22. The van der Waals surface area contributed by atoms with Crippen LogP contribution in [-0.4, -0.2) is 14.5 Å². The van der Waals surface area contributed by atoms with Crippen molar-refractivity contribution >= 4 is 75.1 Å². The lowest BCUT2D eigenvalue weighted by Gasteiger charge is -2.15. The largest absolute Gasteiger partial charge is 0.291 e. The number of para-hydroxylation sites is 3. The number of hydrogen-bond donors (Lipinski definition) is 0. The molecule has 0 aliphatic carbocycles. The van der Waals surface area contributed by atoms with E-state index < -0.39 is 0 Å². The fraction of sp³-hybridized carbons (Fsp3) is 0. The maximum atomic E-state index is 5.33. The van der Waals surface area contributed by atoms with E-state index in [4.69, 9.17) is 9.97 Å². The molecule has 0 aliphatic rings. The average Bonchev–Trinajstić information content (AvgIpc) is 3.58. The van der Waals surface area contributed by atoms with Gasteiger partial charge in [0.25, 0.3) is 0 Å². The van der Waals surface area contributed by atoms with Crippen LogP contribution in [0.25, 0.3) is 80.9 Å². The number of fused-ring (bicyclic) bond motifs is 11. The van der Waals surface area contributed by atoms with Crippen molar-refractivity contribution in [3.8, 4) is 17.1 Å². The summed E-state index contributed by atoms with van der Waals surface area (Å²) in [7, 11) is 0. The van der Waals surface area contributed by atoms with E-state index >= 15 is 0 Å². The molecule has 0 fully saturated rings. The SMILES string of the molecule is c1ccc(-c2nc3ccccc3nc2-n2c3ccccc3c3c4sc5ccccc5c4c4ccccc4c32)cc1. The molecular weight excluding hydrogens is 506 g/mol. The monoisotopic (exact) mass is 527 g/mol. The van der Waals surface area contributed by atoms with E-state index in [0.717, 1.165) is 33.6 Å². The molecule has 0 saturated carbocycles. The Bertz CT molecular complexity index is 2430. The number of rotatable bonds is 2. The van der Waals surface area contributed by atoms with Gasteiger partial charge in [-0.25, -0.2) is 9.97 Å². The van der Waals surface area contributed by atoms with Crippen molar-refractivity contribution in [3.63, 3.8) is 0 Å². The van der Waals surface area contributed by atoms with Crippen molar-refractivity contribution in [2.45, 2.75) is 0 Å². The fourth-order valence-corrected chi connectivity index (χ4v) is 7.55. The minimum atomic E-state index is 0.849. The van der Waals surface area contributed by atoms with E-state index in [1.807, 2.05) is 35.6 Å². The van der Waals surface area contributed by atoms with Gasteiger partial charge in [-0.15, -0.1) is 11.3 Å². The van der Waals surface area contributed by atoms with E-state index in [1.54, 1.807) is 0 Å². The van der Waals surface area contributed by atoms with Crippen molar-refractivity contribution in [2.24, 2.45) is 0 Å². The Morgan fingerprint density at radius 2 is 1.12 bits per heavy atom. The summed E-state index contributed by atoms with van der Waals surface area (Å²) in [6.07, 6.45) is 0. The molecule has 4 heteroatoms. The van der Waals surface area contributed by atoms with Crippen LogP contribution < -0.4 is 0 Å². The Morgan fingerprint density at radius 1 is 0.500 bits per heavy atom. The highest BCUT2D eigenvalue weighted by Gasteiger charge is 2.24. The molecule has 0 aliphatic heterocycles. The highest BCUT2D eigenvalue weighted by molar-refractivity contribution is 7.27. The molecule has 0 radical (unpaired) electrons. The van der Waals surface area contributed by atoms with E-state index in [-0.39, 0.29) is 0 Å². The van der Waals surface area contributed by atoms with Crippen LogP contribution in [0.3, 0.4) is 0 Å². The predicted molar refractivity (Wildman–Crippen MR) is 170 cm³/mol. The van der Waals surface area contributed by atoms with Gasteiger partial charge in [-0.3, -0.25) is 4.57 Å². The van der Waals surface area contributed by atoms with Gasteiger partial charge in [-0.05, 0) is 29.7 Å². The topological polar surface area (TPSA) is 30.7 Å². The standard InChI is InChI=1S/C36H21N3S/c1-2-12-22(13-3-1)33-36(38-28-19-9-8-18-27(28)37-33)39-29-20-10-6-16-25(29)32-34(39)24-15-5-4-14-23(24)31-26-17-7-11-21-30(26)40-35(31)32/h1-21H. The van der Waals surface area contributed by atoms with Crippen molar-refractivity contribution in [2.75, 3.05) is 0 Å². The summed E-state index contributed by atoms with van der Waals surface area (Å²) in [5.74, 6) is 0.849. The summed E-state index contributed by atoms with van der Waals surface area (Å²) in [6.45, 7) is 0. The Balaban J connectivity index is 1.57. The quantitative estimate of drug-likeness (QED) is 0.224. The lowest BCUT2D eigenvalue weighted by atomic mass is 10.00. The van der Waals surface area contributed by atoms with Crippen LogP contribution in [0.1, 0.15) is 0 Å². The fourth-order valence-electron chi connectivity index (χ4n) is 6.28. The van der Waals surface area contributed by atoms with E-state index in [1.165, 1.54) is 47.2 Å². The van der Waals surface area contributed by atoms with Crippen LogP contribution in [0.5, 0.6) is 0 Å². The van der Waals surface area contributed by atoms with Gasteiger partial charge in [0.1, 0.15) is 5.69 Å². The highest BCUT2D eigenvalue weighted by Crippen LogP contribution is 2.48. The van der Waals surface area contributed by atoms with Crippen molar-refractivity contribution in [3.05, 3.63) is 127 Å². The Morgan fingerprint density at radius 3 is 1.95 bits per heavy atom. The zero-order valence-electron chi connectivity index (χ0n) is 21.4. The van der Waals surface area contributed by atoms with Crippen LogP contribution in [0.4, 0.5) is 0 Å². The molecule has 3 heterocycles. The van der Waals surface area contributed by atoms with Gasteiger partial charge >= 0.3 is 0 Å². The van der Waals surface area contributed by atoms with Gasteiger partial charge in [0.15, 0.2) is 5.82 Å². The maximum Gasteiger partial charge on any atom is 0.165 e. The molecule has 0 unspecified atom stereocenters. The highest BCUT2D eigenvalue weighted by atomic mass is 32.1. The number of nitrogens with zero attached hydrogens (tertiary/aromatic N) is 3. The number of benzene rings is 6. The van der Waals surface area contributed by atoms with Gasteiger partial charge < -0.3 is 0 Å². The molecule has 0 bridgehead atoms. The van der Waals surface area contributed by atoms with E-state index in [0.29, 0.717) is 0 Å². The van der Waals surface area contributed by atoms with Gasteiger partial charge in [0, 0.05) is 41.9 Å². The van der Waals surface area contributed by atoms with Crippen LogP contribution in [-0.2, 0) is 0 Å². The summed E-state index contributed by atoms with van der Waals surface area (Å²) >= 11 is 1.88.